The van der Waals surface area contributed by atoms with Crippen LogP contribution in [0, 0.1) is 6.92 Å². The highest BCUT2D eigenvalue weighted by Crippen LogP contribution is 2.36. The van der Waals surface area contributed by atoms with Crippen molar-refractivity contribution in [2.75, 3.05) is 7.05 Å². The lowest BCUT2D eigenvalue weighted by molar-refractivity contribution is 0.0733. The monoisotopic (exact) mass is 401 g/mol. The van der Waals surface area contributed by atoms with Gasteiger partial charge < -0.3 is 14.3 Å². The second-order valence-corrected chi connectivity index (χ2v) is 7.92. The molecule has 2 aromatic heterocycles. The van der Waals surface area contributed by atoms with E-state index in [1.807, 2.05) is 60.5 Å². The fourth-order valence-electron chi connectivity index (χ4n) is 4.24. The molecule has 0 radical (unpaired) electrons. The Kier molecular flexibility index (Phi) is 4.58. The largest absolute Gasteiger partial charge is 0.425 e. The van der Waals surface area contributed by atoms with E-state index in [9.17, 15) is 4.79 Å². The number of H-pyrrole nitrogens is 1. The van der Waals surface area contributed by atoms with Gasteiger partial charge in [-0.25, -0.2) is 4.98 Å². The summed E-state index contributed by atoms with van der Waals surface area (Å²) in [4.78, 5) is 22.8. The van der Waals surface area contributed by atoms with E-state index in [0.717, 1.165) is 41.7 Å². The summed E-state index contributed by atoms with van der Waals surface area (Å²) < 4.78 is 5.58. The molecule has 1 amide bonds. The number of imidazole rings is 1. The van der Waals surface area contributed by atoms with Crippen LogP contribution in [0.15, 0.2) is 52.9 Å². The van der Waals surface area contributed by atoms with E-state index in [4.69, 9.17) is 4.42 Å². The van der Waals surface area contributed by atoms with Gasteiger partial charge in [0.25, 0.3) is 5.91 Å². The van der Waals surface area contributed by atoms with E-state index in [1.165, 1.54) is 0 Å². The first-order valence-corrected chi connectivity index (χ1v) is 10.2. The number of benzene rings is 2. The molecule has 1 unspecified atom stereocenters. The van der Waals surface area contributed by atoms with Crippen LogP contribution >= 0.6 is 0 Å². The van der Waals surface area contributed by atoms with E-state index >= 15 is 0 Å². The summed E-state index contributed by atoms with van der Waals surface area (Å²) in [6.07, 6.45) is 2.74. The number of aryl methyl sites for hydroxylation is 1. The number of fused-ring (bicyclic) bond motifs is 1. The number of carbonyl (C=O) groups excluding carboxylic acids is 1. The quantitative estimate of drug-likeness (QED) is 0.550. The van der Waals surface area contributed by atoms with Crippen molar-refractivity contribution in [1.29, 1.82) is 0 Å². The van der Waals surface area contributed by atoms with Gasteiger partial charge in [-0.15, -0.1) is 10.2 Å². The molecule has 2 atom stereocenters. The number of hydrogen-bond donors (Lipinski definition) is 1. The summed E-state index contributed by atoms with van der Waals surface area (Å²) in [5, 5.41) is 8.08. The van der Waals surface area contributed by atoms with Gasteiger partial charge in [0, 0.05) is 37.1 Å². The second-order valence-electron chi connectivity index (χ2n) is 7.92. The first kappa shape index (κ1) is 18.5. The Morgan fingerprint density at radius 3 is 2.63 bits per heavy atom. The van der Waals surface area contributed by atoms with E-state index in [2.05, 4.69) is 20.2 Å². The minimum Gasteiger partial charge on any atom is -0.425 e. The lowest BCUT2D eigenvalue weighted by Gasteiger charge is -2.24. The molecule has 30 heavy (non-hydrogen) atoms. The standard InChI is InChI=1S/C23H23N5O2/c1-14-26-27-22(30-14)17-11-12-18(13-17)28(2)23(29)16-9-7-15(8-10-16)21-24-19-5-3-4-6-20(19)25-21/h3-10,17-18H,11-13H2,1-2H3,(H,24,25)/t17?,18-/m1/s1. The lowest BCUT2D eigenvalue weighted by atomic mass is 10.1. The number of aromatic nitrogens is 4. The number of amides is 1. The molecule has 0 aliphatic heterocycles. The van der Waals surface area contributed by atoms with Gasteiger partial charge in [-0.05, 0) is 43.5 Å². The Hall–Kier alpha value is -3.48. The molecular weight excluding hydrogens is 378 g/mol. The molecule has 2 aromatic carbocycles. The summed E-state index contributed by atoms with van der Waals surface area (Å²) in [6, 6.07) is 15.7. The summed E-state index contributed by atoms with van der Waals surface area (Å²) >= 11 is 0. The molecule has 1 N–H and O–H groups in total. The topological polar surface area (TPSA) is 87.9 Å². The lowest BCUT2D eigenvalue weighted by Crippen LogP contribution is -2.35. The number of carbonyl (C=O) groups is 1. The molecule has 0 saturated heterocycles. The SMILES string of the molecule is Cc1nnc(C2CC[C@@H](N(C)C(=O)c3ccc(-c4nc5ccccc5[nH]4)cc3)C2)o1. The van der Waals surface area contributed by atoms with Crippen LogP contribution in [0.2, 0.25) is 0 Å². The first-order chi connectivity index (χ1) is 14.6. The third kappa shape index (κ3) is 3.36. The van der Waals surface area contributed by atoms with Crippen molar-refractivity contribution in [2.45, 2.75) is 38.1 Å². The van der Waals surface area contributed by atoms with Gasteiger partial charge in [-0.2, -0.15) is 0 Å². The van der Waals surface area contributed by atoms with Crippen LogP contribution < -0.4 is 0 Å². The van der Waals surface area contributed by atoms with Gasteiger partial charge in [0.05, 0.1) is 11.0 Å². The molecule has 1 aliphatic carbocycles. The smallest absolute Gasteiger partial charge is 0.253 e. The van der Waals surface area contributed by atoms with Crippen LogP contribution in [0.25, 0.3) is 22.4 Å². The van der Waals surface area contributed by atoms with Crippen molar-refractivity contribution in [3.8, 4) is 11.4 Å². The number of para-hydroxylation sites is 2. The molecule has 7 heteroatoms. The minimum absolute atomic E-state index is 0.0264. The van der Waals surface area contributed by atoms with Crippen molar-refractivity contribution in [2.24, 2.45) is 0 Å². The first-order valence-electron chi connectivity index (χ1n) is 10.2. The van der Waals surface area contributed by atoms with Crippen LogP contribution in [0.3, 0.4) is 0 Å². The third-order valence-electron chi connectivity index (χ3n) is 5.96. The number of rotatable bonds is 4. The normalized spacial score (nSPS) is 18.7. The maximum Gasteiger partial charge on any atom is 0.253 e. The van der Waals surface area contributed by atoms with Crippen LogP contribution in [0.5, 0.6) is 0 Å². The Morgan fingerprint density at radius 1 is 1.10 bits per heavy atom. The van der Waals surface area contributed by atoms with Crippen LogP contribution in [-0.4, -0.2) is 44.1 Å². The van der Waals surface area contributed by atoms with Gasteiger partial charge >= 0.3 is 0 Å². The number of nitrogens with one attached hydrogen (secondary N) is 1. The molecule has 0 spiro atoms. The van der Waals surface area contributed by atoms with Gasteiger partial charge in [0.15, 0.2) is 0 Å². The fourth-order valence-corrected chi connectivity index (χ4v) is 4.24. The molecule has 1 fully saturated rings. The summed E-state index contributed by atoms with van der Waals surface area (Å²) in [5.41, 5.74) is 3.56. The molecule has 5 rings (SSSR count). The molecule has 1 aliphatic rings. The van der Waals surface area contributed by atoms with Crippen LogP contribution in [0.1, 0.15) is 47.3 Å². The Morgan fingerprint density at radius 2 is 1.90 bits per heavy atom. The van der Waals surface area contributed by atoms with E-state index in [-0.39, 0.29) is 17.9 Å². The maximum absolute atomic E-state index is 13.0. The molecular formula is C23H23N5O2. The van der Waals surface area contributed by atoms with E-state index < -0.39 is 0 Å². The van der Waals surface area contributed by atoms with Crippen molar-refractivity contribution in [1.82, 2.24) is 25.1 Å². The Labute approximate surface area is 174 Å². The zero-order valence-electron chi connectivity index (χ0n) is 17.0. The average Bonchev–Trinajstić information content (AvgIpc) is 3.51. The Bertz CT molecular complexity index is 1160. The van der Waals surface area contributed by atoms with E-state index in [1.54, 1.807) is 6.92 Å². The van der Waals surface area contributed by atoms with Crippen molar-refractivity contribution in [3.05, 3.63) is 65.9 Å². The summed E-state index contributed by atoms with van der Waals surface area (Å²) in [7, 11) is 1.88. The number of hydrogen-bond acceptors (Lipinski definition) is 5. The minimum atomic E-state index is 0.0264. The summed E-state index contributed by atoms with van der Waals surface area (Å²) in [5.74, 6) is 2.32. The molecule has 7 nitrogen and oxygen atoms in total. The highest BCUT2D eigenvalue weighted by Gasteiger charge is 2.33. The van der Waals surface area contributed by atoms with Crippen LogP contribution in [0.4, 0.5) is 0 Å². The second kappa shape index (κ2) is 7.40. The van der Waals surface area contributed by atoms with Gasteiger partial charge in [-0.1, -0.05) is 24.3 Å². The van der Waals surface area contributed by atoms with Crippen LogP contribution in [-0.2, 0) is 0 Å². The molecule has 0 bridgehead atoms. The fraction of sp³-hybridized carbons (Fsp3) is 0.304. The van der Waals surface area contributed by atoms with Crippen molar-refractivity contribution in [3.63, 3.8) is 0 Å². The van der Waals surface area contributed by atoms with Crippen molar-refractivity contribution >= 4 is 16.9 Å². The summed E-state index contributed by atoms with van der Waals surface area (Å²) in [6.45, 7) is 1.80. The highest BCUT2D eigenvalue weighted by molar-refractivity contribution is 5.94. The van der Waals surface area contributed by atoms with Gasteiger partial charge in [0.2, 0.25) is 11.8 Å². The number of aromatic amines is 1. The van der Waals surface area contributed by atoms with E-state index in [0.29, 0.717) is 17.3 Å². The number of nitrogens with zero attached hydrogens (tertiary/aromatic N) is 4. The molecule has 2 heterocycles. The maximum atomic E-state index is 13.0. The molecule has 152 valence electrons. The predicted molar refractivity (Wildman–Crippen MR) is 113 cm³/mol. The zero-order valence-corrected chi connectivity index (χ0v) is 17.0. The molecule has 1 saturated carbocycles. The average molecular weight is 401 g/mol. The zero-order chi connectivity index (χ0) is 20.7. The highest BCUT2D eigenvalue weighted by atomic mass is 16.4. The molecule has 4 aromatic rings. The van der Waals surface area contributed by atoms with Crippen molar-refractivity contribution < 1.29 is 9.21 Å². The third-order valence-corrected chi connectivity index (χ3v) is 5.96. The van der Waals surface area contributed by atoms with Gasteiger partial charge in [-0.3, -0.25) is 4.79 Å². The van der Waals surface area contributed by atoms with Gasteiger partial charge in [0.1, 0.15) is 5.82 Å². The Balaban J connectivity index is 1.29. The predicted octanol–water partition coefficient (Wildman–Crippen LogP) is 4.33.